The predicted molar refractivity (Wildman–Crippen MR) is 239 cm³/mol. The fraction of sp³-hybridized carbons (Fsp3) is 0. The van der Waals surface area contributed by atoms with E-state index in [0.29, 0.717) is 17.5 Å². The first kappa shape index (κ1) is 33.4. The molecule has 5 heteroatoms. The molecule has 0 unspecified atom stereocenters. The Balaban J connectivity index is 1.11. The highest BCUT2D eigenvalue weighted by Gasteiger charge is 2.23. The highest BCUT2D eigenvalue weighted by Crippen LogP contribution is 2.48. The number of aromatic nitrogens is 3. The van der Waals surface area contributed by atoms with E-state index in [1.165, 1.54) is 27.1 Å². The van der Waals surface area contributed by atoms with Gasteiger partial charge in [-0.1, -0.05) is 152 Å². The standard InChI is InChI=1S/C53H34N4O/c1-5-17-35(18-6-1)51-54-52(36-19-7-2-8-20-36)56-53(55-51)38-30-32-48-46(34-38)45-33-37(29-31-47(45)58-48)49-41-25-13-15-27-43(41)50(44-28-16-14-26-42(44)49)57(39-21-9-3-10-22-39)40-23-11-4-12-24-40/h1-34H. The lowest BCUT2D eigenvalue weighted by atomic mass is 9.89. The highest BCUT2D eigenvalue weighted by atomic mass is 16.3. The van der Waals surface area contributed by atoms with Crippen molar-refractivity contribution >= 4 is 60.5 Å². The SMILES string of the molecule is c1ccc(-c2nc(-c3ccccc3)nc(-c3ccc4oc5ccc(-c6c7ccccc7c(N(c7ccccc7)c7ccccc7)c7ccccc67)cc5c4c3)n2)cc1. The zero-order valence-electron chi connectivity index (χ0n) is 31.3. The van der Waals surface area contributed by atoms with Gasteiger partial charge in [-0.05, 0) is 76.5 Å². The van der Waals surface area contributed by atoms with E-state index in [2.05, 4.69) is 138 Å². The molecule has 11 rings (SSSR count). The van der Waals surface area contributed by atoms with Crippen molar-refractivity contribution in [3.63, 3.8) is 0 Å². The van der Waals surface area contributed by atoms with Crippen LogP contribution in [0.4, 0.5) is 17.1 Å². The summed E-state index contributed by atoms with van der Waals surface area (Å²) in [6, 6.07) is 71.8. The first-order valence-electron chi connectivity index (χ1n) is 19.4. The molecule has 11 aromatic rings. The summed E-state index contributed by atoms with van der Waals surface area (Å²) in [4.78, 5) is 17.3. The Morgan fingerprint density at radius 2 is 0.690 bits per heavy atom. The number of hydrogen-bond acceptors (Lipinski definition) is 5. The van der Waals surface area contributed by atoms with E-state index in [0.717, 1.165) is 61.3 Å². The Kier molecular flexibility index (Phi) is 8.07. The summed E-state index contributed by atoms with van der Waals surface area (Å²) in [7, 11) is 0. The maximum Gasteiger partial charge on any atom is 0.164 e. The van der Waals surface area contributed by atoms with Crippen LogP contribution in [0.5, 0.6) is 0 Å². The number of anilines is 3. The highest BCUT2D eigenvalue weighted by molar-refractivity contribution is 6.23. The third-order valence-electron chi connectivity index (χ3n) is 10.9. The number of benzene rings is 9. The molecule has 0 N–H and O–H groups in total. The zero-order chi connectivity index (χ0) is 38.4. The van der Waals surface area contributed by atoms with Crippen LogP contribution in [0.2, 0.25) is 0 Å². The molecule has 2 heterocycles. The molecule has 0 fully saturated rings. The van der Waals surface area contributed by atoms with Crippen LogP contribution in [0.25, 0.3) is 88.8 Å². The van der Waals surface area contributed by atoms with Crippen molar-refractivity contribution in [2.24, 2.45) is 0 Å². The fourth-order valence-electron chi connectivity index (χ4n) is 8.23. The van der Waals surface area contributed by atoms with Gasteiger partial charge in [0.05, 0.1) is 5.69 Å². The van der Waals surface area contributed by atoms with Gasteiger partial charge >= 0.3 is 0 Å². The summed E-state index contributed by atoms with van der Waals surface area (Å²) in [6.45, 7) is 0. The largest absolute Gasteiger partial charge is 0.456 e. The summed E-state index contributed by atoms with van der Waals surface area (Å²) in [6.07, 6.45) is 0. The summed E-state index contributed by atoms with van der Waals surface area (Å²) in [5.41, 5.74) is 10.0. The van der Waals surface area contributed by atoms with Gasteiger partial charge in [-0.25, -0.2) is 15.0 Å². The number of para-hydroxylation sites is 2. The Morgan fingerprint density at radius 1 is 0.310 bits per heavy atom. The third kappa shape index (κ3) is 5.76. The lowest BCUT2D eigenvalue weighted by Gasteiger charge is -2.29. The molecule has 272 valence electrons. The monoisotopic (exact) mass is 742 g/mol. The van der Waals surface area contributed by atoms with E-state index in [4.69, 9.17) is 19.4 Å². The molecule has 58 heavy (non-hydrogen) atoms. The summed E-state index contributed by atoms with van der Waals surface area (Å²) < 4.78 is 6.48. The van der Waals surface area contributed by atoms with Crippen molar-refractivity contribution in [2.75, 3.05) is 4.90 Å². The summed E-state index contributed by atoms with van der Waals surface area (Å²) in [5, 5.41) is 6.72. The molecule has 0 saturated heterocycles. The van der Waals surface area contributed by atoms with Gasteiger partial charge in [0, 0.05) is 49.6 Å². The second kappa shape index (κ2) is 14.0. The predicted octanol–water partition coefficient (Wildman–Crippen LogP) is 14.2. The van der Waals surface area contributed by atoms with Crippen molar-refractivity contribution in [1.82, 2.24) is 15.0 Å². The molecule has 0 bridgehead atoms. The van der Waals surface area contributed by atoms with Crippen LogP contribution in [0, 0.1) is 0 Å². The maximum atomic E-state index is 6.48. The van der Waals surface area contributed by atoms with Gasteiger partial charge in [0.15, 0.2) is 17.5 Å². The average Bonchev–Trinajstić information content (AvgIpc) is 3.67. The average molecular weight is 743 g/mol. The third-order valence-corrected chi connectivity index (χ3v) is 10.9. The first-order valence-corrected chi connectivity index (χ1v) is 19.4. The van der Waals surface area contributed by atoms with E-state index in [1.807, 2.05) is 72.8 Å². The second-order valence-corrected chi connectivity index (χ2v) is 14.4. The Morgan fingerprint density at radius 3 is 1.17 bits per heavy atom. The molecular formula is C53H34N4O. The molecule has 0 aliphatic heterocycles. The van der Waals surface area contributed by atoms with E-state index < -0.39 is 0 Å². The van der Waals surface area contributed by atoms with Gasteiger partial charge < -0.3 is 9.32 Å². The minimum atomic E-state index is 0.606. The van der Waals surface area contributed by atoms with Crippen LogP contribution >= 0.6 is 0 Å². The van der Waals surface area contributed by atoms with Crippen LogP contribution in [-0.4, -0.2) is 15.0 Å². The molecule has 0 atom stereocenters. The van der Waals surface area contributed by atoms with E-state index in [9.17, 15) is 0 Å². The second-order valence-electron chi connectivity index (χ2n) is 14.4. The molecular weight excluding hydrogens is 709 g/mol. The van der Waals surface area contributed by atoms with Crippen LogP contribution in [0.1, 0.15) is 0 Å². The van der Waals surface area contributed by atoms with E-state index in [1.54, 1.807) is 0 Å². The van der Waals surface area contributed by atoms with Crippen molar-refractivity contribution in [1.29, 1.82) is 0 Å². The van der Waals surface area contributed by atoms with E-state index >= 15 is 0 Å². The van der Waals surface area contributed by atoms with E-state index in [-0.39, 0.29) is 0 Å². The summed E-state index contributed by atoms with van der Waals surface area (Å²) >= 11 is 0. The quantitative estimate of drug-likeness (QED) is 0.152. The van der Waals surface area contributed by atoms with Gasteiger partial charge in [0.2, 0.25) is 0 Å². The Bertz CT molecular complexity index is 3120. The molecule has 9 aromatic carbocycles. The van der Waals surface area contributed by atoms with Crippen LogP contribution in [0.15, 0.2) is 211 Å². The normalized spacial score (nSPS) is 11.4. The van der Waals surface area contributed by atoms with Crippen molar-refractivity contribution in [2.45, 2.75) is 0 Å². The van der Waals surface area contributed by atoms with Crippen molar-refractivity contribution < 1.29 is 4.42 Å². The lowest BCUT2D eigenvalue weighted by Crippen LogP contribution is -2.11. The number of hydrogen-bond donors (Lipinski definition) is 0. The van der Waals surface area contributed by atoms with Gasteiger partial charge in [0.1, 0.15) is 11.2 Å². The minimum absolute atomic E-state index is 0.606. The van der Waals surface area contributed by atoms with Crippen LogP contribution < -0.4 is 4.90 Å². The molecule has 0 aliphatic carbocycles. The number of rotatable bonds is 7. The lowest BCUT2D eigenvalue weighted by molar-refractivity contribution is 0.669. The van der Waals surface area contributed by atoms with Gasteiger partial charge in [-0.3, -0.25) is 0 Å². The maximum absolute atomic E-state index is 6.48. The van der Waals surface area contributed by atoms with Gasteiger partial charge in [0.25, 0.3) is 0 Å². The number of fused-ring (bicyclic) bond motifs is 5. The molecule has 0 amide bonds. The van der Waals surface area contributed by atoms with Gasteiger partial charge in [-0.15, -0.1) is 0 Å². The first-order chi connectivity index (χ1) is 28.8. The molecule has 0 spiro atoms. The molecule has 2 aromatic heterocycles. The summed E-state index contributed by atoms with van der Waals surface area (Å²) in [5.74, 6) is 1.86. The van der Waals surface area contributed by atoms with Crippen molar-refractivity contribution in [3.8, 4) is 45.3 Å². The number of nitrogens with zero attached hydrogens (tertiary/aromatic N) is 4. The smallest absolute Gasteiger partial charge is 0.164 e. The zero-order valence-corrected chi connectivity index (χ0v) is 31.3. The van der Waals surface area contributed by atoms with Gasteiger partial charge in [-0.2, -0.15) is 0 Å². The van der Waals surface area contributed by atoms with Crippen LogP contribution in [0.3, 0.4) is 0 Å². The molecule has 0 saturated carbocycles. The Labute approximate surface area is 335 Å². The molecule has 0 aliphatic rings. The number of furan rings is 1. The molecule has 0 radical (unpaired) electrons. The molecule has 5 nitrogen and oxygen atoms in total. The van der Waals surface area contributed by atoms with Crippen LogP contribution in [-0.2, 0) is 0 Å². The minimum Gasteiger partial charge on any atom is -0.456 e. The fourth-order valence-corrected chi connectivity index (χ4v) is 8.23. The topological polar surface area (TPSA) is 55.1 Å². The van der Waals surface area contributed by atoms with Crippen molar-refractivity contribution in [3.05, 3.63) is 206 Å². The Hall–Kier alpha value is -7.89.